The van der Waals surface area contributed by atoms with E-state index in [2.05, 4.69) is 41.5 Å². The second-order valence-electron chi connectivity index (χ2n) is 8.33. The van der Waals surface area contributed by atoms with Crippen molar-refractivity contribution in [3.05, 3.63) is 64.7 Å². The first kappa shape index (κ1) is 19.6. The quantitative estimate of drug-likeness (QED) is 0.509. The van der Waals surface area contributed by atoms with Crippen LogP contribution in [0, 0.1) is 0 Å². The molecular formula is C23H28O3Si. The fourth-order valence-corrected chi connectivity index (χ4v) is 9.94. The molecule has 2 aromatic rings. The first-order valence-corrected chi connectivity index (χ1v) is 11.9. The summed E-state index contributed by atoms with van der Waals surface area (Å²) in [7, 11) is -2.12. The number of carbonyl (C=O) groups excluding carboxylic acids is 2. The number of benzene rings is 2. The summed E-state index contributed by atoms with van der Waals surface area (Å²) in [5.41, 5.74) is 3.20. The highest BCUT2D eigenvalue weighted by atomic mass is 28.4. The van der Waals surface area contributed by atoms with Crippen LogP contribution in [0.1, 0.15) is 73.4 Å². The first-order valence-electron chi connectivity index (χ1n) is 9.71. The van der Waals surface area contributed by atoms with Gasteiger partial charge in [-0.25, -0.2) is 0 Å². The van der Waals surface area contributed by atoms with Gasteiger partial charge in [-0.05, 0) is 34.8 Å². The van der Waals surface area contributed by atoms with Crippen molar-refractivity contribution in [1.82, 2.24) is 0 Å². The highest BCUT2D eigenvalue weighted by Crippen LogP contribution is 2.43. The average Bonchev–Trinajstić information content (AvgIpc) is 2.63. The van der Waals surface area contributed by atoms with Gasteiger partial charge in [0.05, 0.1) is 0 Å². The maximum Gasteiger partial charge on any atom is 0.258 e. The van der Waals surface area contributed by atoms with Gasteiger partial charge in [-0.2, -0.15) is 0 Å². The topological polar surface area (TPSA) is 43.4 Å². The second kappa shape index (κ2) is 7.08. The Hall–Kier alpha value is -2.20. The van der Waals surface area contributed by atoms with Crippen molar-refractivity contribution < 1.29 is 14.0 Å². The molecule has 0 atom stereocenters. The Bertz CT molecular complexity index is 874. The lowest BCUT2D eigenvalue weighted by Gasteiger charge is -2.42. The van der Waals surface area contributed by atoms with Gasteiger partial charge in [-0.15, -0.1) is 0 Å². The van der Waals surface area contributed by atoms with Gasteiger partial charge in [-0.1, -0.05) is 65.8 Å². The molecule has 0 heterocycles. The molecule has 142 valence electrons. The number of rotatable bonds is 5. The van der Waals surface area contributed by atoms with Crippen LogP contribution in [0.2, 0.25) is 16.6 Å². The predicted molar refractivity (Wildman–Crippen MR) is 111 cm³/mol. The lowest BCUT2D eigenvalue weighted by atomic mass is 9.84. The molecule has 0 radical (unpaired) electrons. The van der Waals surface area contributed by atoms with Gasteiger partial charge in [0.15, 0.2) is 11.6 Å². The number of ketones is 2. The van der Waals surface area contributed by atoms with Crippen LogP contribution in [-0.2, 0) is 0 Å². The standard InChI is InChI=1S/C23H28O3Si/c1-14(2)27(15(3)4,16(5)6)26-17-11-12-20-21(13-17)23(25)19-10-8-7-9-18(19)22(20)24/h7-16H,1-6H3. The minimum atomic E-state index is -2.12. The van der Waals surface area contributed by atoms with Crippen LogP contribution in [0.4, 0.5) is 0 Å². The minimum Gasteiger partial charge on any atom is -0.543 e. The highest BCUT2D eigenvalue weighted by molar-refractivity contribution is 6.78. The van der Waals surface area contributed by atoms with E-state index in [1.54, 1.807) is 36.4 Å². The van der Waals surface area contributed by atoms with E-state index in [1.807, 2.05) is 6.07 Å². The molecule has 3 rings (SSSR count). The zero-order chi connectivity index (χ0) is 19.9. The van der Waals surface area contributed by atoms with Gasteiger partial charge in [0.25, 0.3) is 8.32 Å². The van der Waals surface area contributed by atoms with E-state index in [-0.39, 0.29) is 11.6 Å². The van der Waals surface area contributed by atoms with Crippen LogP contribution in [0.25, 0.3) is 0 Å². The second-order valence-corrected chi connectivity index (χ2v) is 13.7. The maximum absolute atomic E-state index is 13.0. The monoisotopic (exact) mass is 380 g/mol. The Balaban J connectivity index is 2.06. The van der Waals surface area contributed by atoms with E-state index < -0.39 is 8.32 Å². The molecule has 0 saturated carbocycles. The molecule has 3 nitrogen and oxygen atoms in total. The van der Waals surface area contributed by atoms with Crippen LogP contribution >= 0.6 is 0 Å². The molecule has 0 N–H and O–H groups in total. The van der Waals surface area contributed by atoms with Crippen molar-refractivity contribution in [2.75, 3.05) is 0 Å². The van der Waals surface area contributed by atoms with Crippen molar-refractivity contribution in [2.24, 2.45) is 0 Å². The molecule has 0 aromatic heterocycles. The number of fused-ring (bicyclic) bond motifs is 2. The Morgan fingerprint density at radius 1 is 0.667 bits per heavy atom. The van der Waals surface area contributed by atoms with Crippen molar-refractivity contribution >= 4 is 19.9 Å². The number of hydrogen-bond acceptors (Lipinski definition) is 3. The third-order valence-electron chi connectivity index (χ3n) is 5.90. The molecule has 0 saturated heterocycles. The maximum atomic E-state index is 13.0. The van der Waals surface area contributed by atoms with Gasteiger partial charge in [0, 0.05) is 22.3 Å². The minimum absolute atomic E-state index is 0.0909. The molecular weight excluding hydrogens is 352 g/mol. The largest absolute Gasteiger partial charge is 0.543 e. The molecule has 4 heteroatoms. The van der Waals surface area contributed by atoms with E-state index in [4.69, 9.17) is 4.43 Å². The fourth-order valence-electron chi connectivity index (χ4n) is 4.70. The third kappa shape index (κ3) is 3.06. The zero-order valence-electron chi connectivity index (χ0n) is 17.0. The zero-order valence-corrected chi connectivity index (χ0v) is 18.0. The number of hydrogen-bond donors (Lipinski definition) is 0. The summed E-state index contributed by atoms with van der Waals surface area (Å²) in [6.45, 7) is 13.4. The SMILES string of the molecule is CC(C)[Si](Oc1ccc2c(c1)C(=O)c1ccccc1C2=O)(C(C)C)C(C)C. The summed E-state index contributed by atoms with van der Waals surface area (Å²) >= 11 is 0. The molecule has 2 aromatic carbocycles. The van der Waals surface area contributed by atoms with Gasteiger partial charge in [0.1, 0.15) is 5.75 Å². The Labute approximate surface area is 162 Å². The molecule has 0 unspecified atom stereocenters. The van der Waals surface area contributed by atoms with Crippen LogP contribution in [0.5, 0.6) is 5.75 Å². The fraction of sp³-hybridized carbons (Fsp3) is 0.391. The molecule has 1 aliphatic rings. The molecule has 0 fully saturated rings. The normalized spacial score (nSPS) is 14.0. The summed E-state index contributed by atoms with van der Waals surface area (Å²) in [5, 5.41) is 0. The Morgan fingerprint density at radius 2 is 1.11 bits per heavy atom. The Morgan fingerprint density at radius 3 is 1.59 bits per heavy atom. The predicted octanol–water partition coefficient (Wildman–Crippen LogP) is 6.02. The number of carbonyl (C=O) groups is 2. The molecule has 27 heavy (non-hydrogen) atoms. The van der Waals surface area contributed by atoms with E-state index in [0.29, 0.717) is 44.6 Å². The van der Waals surface area contributed by atoms with Crippen LogP contribution in [0.3, 0.4) is 0 Å². The summed E-state index contributed by atoms with van der Waals surface area (Å²) in [6.07, 6.45) is 0. The molecule has 0 bridgehead atoms. The van der Waals surface area contributed by atoms with E-state index >= 15 is 0 Å². The van der Waals surface area contributed by atoms with E-state index in [0.717, 1.165) is 0 Å². The first-order chi connectivity index (χ1) is 12.7. The lowest BCUT2D eigenvalue weighted by molar-refractivity contribution is 0.0979. The van der Waals surface area contributed by atoms with Gasteiger partial charge in [-0.3, -0.25) is 9.59 Å². The Kier molecular flexibility index (Phi) is 5.13. The summed E-state index contributed by atoms with van der Waals surface area (Å²) in [4.78, 5) is 25.8. The molecule has 0 amide bonds. The summed E-state index contributed by atoms with van der Waals surface area (Å²) in [5.74, 6) is 0.514. The highest BCUT2D eigenvalue weighted by Gasteiger charge is 2.47. The lowest BCUT2D eigenvalue weighted by Crippen LogP contribution is -2.50. The van der Waals surface area contributed by atoms with Crippen LogP contribution < -0.4 is 4.43 Å². The van der Waals surface area contributed by atoms with Crippen molar-refractivity contribution in [3.63, 3.8) is 0 Å². The molecule has 0 aliphatic heterocycles. The van der Waals surface area contributed by atoms with Gasteiger partial charge >= 0.3 is 0 Å². The van der Waals surface area contributed by atoms with Crippen molar-refractivity contribution in [1.29, 1.82) is 0 Å². The van der Waals surface area contributed by atoms with Gasteiger partial charge in [0.2, 0.25) is 0 Å². The third-order valence-corrected chi connectivity index (χ3v) is 11.9. The molecule has 0 spiro atoms. The van der Waals surface area contributed by atoms with E-state index in [9.17, 15) is 9.59 Å². The molecule has 1 aliphatic carbocycles. The summed E-state index contributed by atoms with van der Waals surface area (Å²) in [6, 6.07) is 12.4. The van der Waals surface area contributed by atoms with Gasteiger partial charge < -0.3 is 4.43 Å². The van der Waals surface area contributed by atoms with Crippen molar-refractivity contribution in [3.8, 4) is 5.75 Å². The van der Waals surface area contributed by atoms with Crippen LogP contribution in [0.15, 0.2) is 42.5 Å². The van der Waals surface area contributed by atoms with Crippen molar-refractivity contribution in [2.45, 2.75) is 58.2 Å². The average molecular weight is 381 g/mol. The van der Waals surface area contributed by atoms with Crippen LogP contribution in [-0.4, -0.2) is 19.9 Å². The smallest absolute Gasteiger partial charge is 0.258 e. The summed E-state index contributed by atoms with van der Waals surface area (Å²) < 4.78 is 6.70. The van der Waals surface area contributed by atoms with E-state index in [1.165, 1.54) is 0 Å².